The molecule has 1 N–H and O–H groups in total. The molecule has 1 aromatic carbocycles. The van der Waals surface area contributed by atoms with E-state index in [9.17, 15) is 8.42 Å². The summed E-state index contributed by atoms with van der Waals surface area (Å²) in [5, 5.41) is 4.70. The lowest BCUT2D eigenvalue weighted by Gasteiger charge is -2.24. The van der Waals surface area contributed by atoms with Crippen molar-refractivity contribution >= 4 is 22.1 Å². The second-order valence-electron chi connectivity index (χ2n) is 6.69. The Morgan fingerprint density at radius 2 is 2.08 bits per heavy atom. The molecule has 0 saturated carbocycles. The van der Waals surface area contributed by atoms with Crippen LogP contribution in [0.25, 0.3) is 11.4 Å². The van der Waals surface area contributed by atoms with E-state index < -0.39 is 9.84 Å². The monoisotopic (exact) mass is 397 g/mol. The first-order valence-corrected chi connectivity index (χ1v) is 10.9. The normalized spacial score (nSPS) is 20.3. The number of hydrogen-bond donors (Lipinski definition) is 1. The van der Waals surface area contributed by atoms with Gasteiger partial charge in [0.05, 0.1) is 12.4 Å². The number of rotatable bonds is 7. The molecule has 0 spiro atoms. The minimum Gasteiger partial charge on any atom is -0.379 e. The number of methoxy groups -OCH3 is 1. The van der Waals surface area contributed by atoms with Gasteiger partial charge < -0.3 is 14.2 Å². The van der Waals surface area contributed by atoms with Crippen LogP contribution in [-0.2, 0) is 28.3 Å². The van der Waals surface area contributed by atoms with Gasteiger partial charge in [-0.1, -0.05) is 30.3 Å². The molecule has 1 saturated heterocycles. The smallest absolute Gasteiger partial charge is 0.202 e. The molecule has 2 aromatic rings. The zero-order valence-electron chi connectivity index (χ0n) is 15.1. The highest BCUT2D eigenvalue weighted by atomic mass is 32.2. The average molecular weight is 398 g/mol. The number of benzene rings is 1. The third kappa shape index (κ3) is 4.22. The van der Waals surface area contributed by atoms with Gasteiger partial charge in [-0.05, 0) is 12.2 Å². The van der Waals surface area contributed by atoms with Gasteiger partial charge in [0, 0.05) is 26.1 Å². The first-order valence-electron chi connectivity index (χ1n) is 8.64. The second-order valence-corrected chi connectivity index (χ2v) is 9.28. The molecule has 1 aliphatic rings. The van der Waals surface area contributed by atoms with Crippen LogP contribution in [0.3, 0.4) is 0 Å². The maximum absolute atomic E-state index is 11.9. The van der Waals surface area contributed by atoms with Gasteiger partial charge in [-0.2, -0.15) is 4.68 Å². The molecule has 1 unspecified atom stereocenters. The van der Waals surface area contributed by atoms with Crippen molar-refractivity contribution in [1.29, 1.82) is 0 Å². The lowest BCUT2D eigenvalue weighted by molar-refractivity contribution is -0.945. The van der Waals surface area contributed by atoms with Crippen molar-refractivity contribution in [3.63, 3.8) is 0 Å². The highest BCUT2D eigenvalue weighted by Gasteiger charge is 2.35. The van der Waals surface area contributed by atoms with Gasteiger partial charge in [0.1, 0.15) is 18.3 Å². The number of sulfone groups is 1. The van der Waals surface area contributed by atoms with Gasteiger partial charge in [0.25, 0.3) is 0 Å². The lowest BCUT2D eigenvalue weighted by Crippen LogP contribution is -3.16. The van der Waals surface area contributed by atoms with Crippen LogP contribution in [0.4, 0.5) is 0 Å². The molecule has 0 bridgehead atoms. The molecular weight excluding hydrogens is 372 g/mol. The molecule has 142 valence electrons. The summed E-state index contributed by atoms with van der Waals surface area (Å²) in [5.41, 5.74) is 1.00. The van der Waals surface area contributed by atoms with Gasteiger partial charge in [0.2, 0.25) is 4.77 Å². The molecule has 2 atom stereocenters. The number of nitrogens with one attached hydrogen (secondary N) is 1. The summed E-state index contributed by atoms with van der Waals surface area (Å²) in [6.07, 6.45) is 0.674. The molecule has 0 radical (unpaired) electrons. The Labute approximate surface area is 159 Å². The van der Waals surface area contributed by atoms with Crippen LogP contribution in [-0.4, -0.2) is 60.6 Å². The number of hydrogen-bond acceptors (Lipinski definition) is 5. The van der Waals surface area contributed by atoms with Crippen LogP contribution < -0.4 is 4.90 Å². The summed E-state index contributed by atoms with van der Waals surface area (Å²) < 4.78 is 33.3. The van der Waals surface area contributed by atoms with Gasteiger partial charge in [0.15, 0.2) is 22.3 Å². The highest BCUT2D eigenvalue weighted by Crippen LogP contribution is 2.16. The summed E-state index contributed by atoms with van der Waals surface area (Å²) in [5.74, 6) is 1.29. The minimum absolute atomic E-state index is 0.0548. The SMILES string of the molecule is COCC[NH+](Cn1nc(-c2ccccc2)n(C)c1=S)[C@@H]1CCS(=O)(=O)C1. The van der Waals surface area contributed by atoms with E-state index in [2.05, 4.69) is 0 Å². The summed E-state index contributed by atoms with van der Waals surface area (Å²) in [7, 11) is 0.625. The predicted octanol–water partition coefficient (Wildman–Crippen LogP) is 0.294. The van der Waals surface area contributed by atoms with Crippen LogP contribution in [0, 0.1) is 4.77 Å². The van der Waals surface area contributed by atoms with E-state index in [-0.39, 0.29) is 17.5 Å². The highest BCUT2D eigenvalue weighted by molar-refractivity contribution is 7.91. The topological polar surface area (TPSA) is 70.6 Å². The molecule has 26 heavy (non-hydrogen) atoms. The van der Waals surface area contributed by atoms with E-state index in [1.165, 1.54) is 0 Å². The fraction of sp³-hybridized carbons (Fsp3) is 0.529. The molecule has 3 rings (SSSR count). The molecule has 0 amide bonds. The van der Waals surface area contributed by atoms with Gasteiger partial charge in [-0.25, -0.2) is 8.42 Å². The van der Waals surface area contributed by atoms with Gasteiger partial charge in [-0.3, -0.25) is 0 Å². The maximum Gasteiger partial charge on any atom is 0.202 e. The molecule has 1 aliphatic heterocycles. The van der Waals surface area contributed by atoms with E-state index in [0.717, 1.165) is 22.8 Å². The Hall–Kier alpha value is -1.55. The fourth-order valence-electron chi connectivity index (χ4n) is 3.38. The van der Waals surface area contributed by atoms with Gasteiger partial charge in [-0.15, -0.1) is 5.10 Å². The van der Waals surface area contributed by atoms with E-state index in [1.807, 2.05) is 41.9 Å². The minimum atomic E-state index is -2.94. The largest absolute Gasteiger partial charge is 0.379 e. The van der Waals surface area contributed by atoms with Crippen LogP contribution in [0.5, 0.6) is 0 Å². The Morgan fingerprint density at radius 3 is 2.69 bits per heavy atom. The molecule has 9 heteroatoms. The zero-order valence-corrected chi connectivity index (χ0v) is 16.7. The van der Waals surface area contributed by atoms with Crippen molar-refractivity contribution in [3.05, 3.63) is 35.1 Å². The van der Waals surface area contributed by atoms with Crippen molar-refractivity contribution in [1.82, 2.24) is 14.3 Å². The lowest BCUT2D eigenvalue weighted by atomic mass is 10.2. The van der Waals surface area contributed by atoms with Crippen molar-refractivity contribution in [2.24, 2.45) is 7.05 Å². The maximum atomic E-state index is 11.9. The number of aromatic nitrogens is 3. The summed E-state index contributed by atoms with van der Waals surface area (Å²) >= 11 is 5.57. The van der Waals surface area contributed by atoms with Crippen LogP contribution in [0.15, 0.2) is 30.3 Å². The Balaban J connectivity index is 1.86. The third-order valence-corrected chi connectivity index (χ3v) is 7.12. The average Bonchev–Trinajstić information content (AvgIpc) is 3.13. The Kier molecular flexibility index (Phi) is 5.91. The number of ether oxygens (including phenoxy) is 1. The van der Waals surface area contributed by atoms with Crippen molar-refractivity contribution in [2.75, 3.05) is 31.8 Å². The molecule has 0 aliphatic carbocycles. The fourth-order valence-corrected chi connectivity index (χ4v) is 5.40. The van der Waals surface area contributed by atoms with E-state index in [0.29, 0.717) is 24.5 Å². The van der Waals surface area contributed by atoms with Crippen molar-refractivity contribution in [2.45, 2.75) is 19.1 Å². The standard InChI is InChI=1S/C17H24N4O3S2/c1-19-16(14-6-4-3-5-7-14)18-21(17(19)25)13-20(9-10-24-2)15-8-11-26(22,23)12-15/h3-7,15H,8-13H2,1-2H3/p+1/t15-/m1/s1. The third-order valence-electron chi connectivity index (χ3n) is 4.86. The van der Waals surface area contributed by atoms with Crippen LogP contribution in [0.1, 0.15) is 6.42 Å². The summed E-state index contributed by atoms with van der Waals surface area (Å²) in [6, 6.07) is 9.96. The Morgan fingerprint density at radius 1 is 1.35 bits per heavy atom. The van der Waals surface area contributed by atoms with Crippen molar-refractivity contribution < 1.29 is 18.1 Å². The van der Waals surface area contributed by atoms with E-state index >= 15 is 0 Å². The molecule has 1 aromatic heterocycles. The quantitative estimate of drug-likeness (QED) is 0.681. The molecular formula is C17H25N4O3S2+. The molecule has 7 nitrogen and oxygen atoms in total. The van der Waals surface area contributed by atoms with Gasteiger partial charge >= 0.3 is 0 Å². The van der Waals surface area contributed by atoms with Crippen molar-refractivity contribution in [3.8, 4) is 11.4 Å². The van der Waals surface area contributed by atoms with E-state index in [4.69, 9.17) is 22.1 Å². The zero-order chi connectivity index (χ0) is 18.7. The summed E-state index contributed by atoms with van der Waals surface area (Å²) in [4.78, 5) is 1.14. The van der Waals surface area contributed by atoms with Crippen LogP contribution >= 0.6 is 12.2 Å². The first kappa shape index (κ1) is 19.2. The van der Waals surface area contributed by atoms with Crippen LogP contribution in [0.2, 0.25) is 0 Å². The Bertz CT molecular complexity index is 906. The van der Waals surface area contributed by atoms with E-state index in [1.54, 1.807) is 11.8 Å². The second kappa shape index (κ2) is 7.99. The summed E-state index contributed by atoms with van der Waals surface area (Å²) in [6.45, 7) is 1.82. The number of quaternary nitrogens is 1. The predicted molar refractivity (Wildman–Crippen MR) is 102 cm³/mol. The molecule has 2 heterocycles. The molecule has 1 fully saturated rings. The first-order chi connectivity index (χ1) is 12.4. The number of nitrogens with zero attached hydrogens (tertiary/aromatic N) is 3.